The van der Waals surface area contributed by atoms with Crippen LogP contribution in [-0.2, 0) is 6.11 Å². The van der Waals surface area contributed by atoms with Crippen LogP contribution in [0.1, 0.15) is 11.3 Å². The van der Waals surface area contributed by atoms with Gasteiger partial charge in [0.05, 0.1) is 5.56 Å². The molecule has 0 amide bonds. The van der Waals surface area contributed by atoms with Gasteiger partial charge in [-0.2, -0.15) is 14.0 Å². The fraction of sp³-hybridized carbons (Fsp3) is 0.0625. The average molecular weight is 297 g/mol. The molecule has 3 rings (SSSR count). The van der Waals surface area contributed by atoms with Crippen molar-refractivity contribution >= 4 is 10.9 Å². The molecule has 108 valence electrons. The van der Waals surface area contributed by atoms with Gasteiger partial charge >= 0.3 is 6.11 Å². The molecule has 6 heteroatoms. The Morgan fingerprint density at radius 1 is 1.05 bits per heavy atom. The third-order valence-electron chi connectivity index (χ3n) is 3.02. The Balaban J connectivity index is 1.97. The number of rotatable bonds is 3. The second kappa shape index (κ2) is 5.37. The molecule has 0 atom stereocenters. The van der Waals surface area contributed by atoms with Crippen LogP contribution in [0, 0.1) is 11.3 Å². The number of aromatic nitrogens is 2. The van der Waals surface area contributed by atoms with Gasteiger partial charge in [-0.25, -0.2) is 4.98 Å². The number of hydrogen-bond acceptors (Lipinski definition) is 4. The Morgan fingerprint density at radius 2 is 1.86 bits per heavy atom. The largest absolute Gasteiger partial charge is 0.444 e. The van der Waals surface area contributed by atoms with E-state index in [0.717, 1.165) is 12.3 Å². The molecular formula is C16H9F2N3O. The van der Waals surface area contributed by atoms with E-state index in [-0.39, 0.29) is 11.3 Å². The highest BCUT2D eigenvalue weighted by Crippen LogP contribution is 2.33. The number of fused-ring (bicyclic) bond motifs is 1. The second-order valence-electron chi connectivity index (χ2n) is 4.49. The molecule has 0 aliphatic heterocycles. The molecule has 0 N–H and O–H groups in total. The van der Waals surface area contributed by atoms with Gasteiger partial charge < -0.3 is 4.74 Å². The Kier molecular flexibility index (Phi) is 3.39. The van der Waals surface area contributed by atoms with E-state index in [0.29, 0.717) is 10.9 Å². The summed E-state index contributed by atoms with van der Waals surface area (Å²) in [6.45, 7) is 0. The van der Waals surface area contributed by atoms with Crippen LogP contribution in [0.15, 0.2) is 54.9 Å². The topological polar surface area (TPSA) is 58.8 Å². The normalized spacial score (nSPS) is 11.1. The van der Waals surface area contributed by atoms with Crippen molar-refractivity contribution in [2.75, 3.05) is 0 Å². The number of benzene rings is 1. The van der Waals surface area contributed by atoms with Gasteiger partial charge in [-0.1, -0.05) is 18.2 Å². The monoisotopic (exact) mass is 297 g/mol. The lowest BCUT2D eigenvalue weighted by molar-refractivity contribution is -0.187. The summed E-state index contributed by atoms with van der Waals surface area (Å²) >= 11 is 0. The van der Waals surface area contributed by atoms with Gasteiger partial charge in [-0.05, 0) is 24.3 Å². The van der Waals surface area contributed by atoms with Gasteiger partial charge in [-0.15, -0.1) is 0 Å². The SMILES string of the molecule is N#Cc1ccc(C(F)(F)Oc2cccc3cccnc23)nc1. The Morgan fingerprint density at radius 3 is 2.59 bits per heavy atom. The summed E-state index contributed by atoms with van der Waals surface area (Å²) < 4.78 is 33.3. The number of nitriles is 1. The number of alkyl halides is 2. The predicted molar refractivity (Wildman–Crippen MR) is 75.2 cm³/mol. The Labute approximate surface area is 124 Å². The van der Waals surface area contributed by atoms with E-state index in [4.69, 9.17) is 10.00 Å². The predicted octanol–water partition coefficient (Wildman–Crippen LogP) is 3.63. The lowest BCUT2D eigenvalue weighted by Crippen LogP contribution is -2.23. The van der Waals surface area contributed by atoms with Gasteiger partial charge in [0.2, 0.25) is 0 Å². The number of para-hydroxylation sites is 1. The minimum absolute atomic E-state index is 0.0331. The molecule has 0 saturated carbocycles. The van der Waals surface area contributed by atoms with E-state index in [1.807, 2.05) is 6.07 Å². The lowest BCUT2D eigenvalue weighted by atomic mass is 10.2. The summed E-state index contributed by atoms with van der Waals surface area (Å²) in [5.74, 6) is -0.0331. The molecule has 0 aliphatic rings. The van der Waals surface area contributed by atoms with Crippen LogP contribution in [-0.4, -0.2) is 9.97 Å². The number of halogens is 2. The number of ether oxygens (including phenoxy) is 1. The molecule has 0 unspecified atom stereocenters. The first kappa shape index (κ1) is 13.9. The standard InChI is InChI=1S/C16H9F2N3O/c17-16(18,14-7-6-11(9-19)10-21-14)22-13-5-1-3-12-4-2-8-20-15(12)13/h1-8,10H. The van der Waals surface area contributed by atoms with Crippen LogP contribution >= 0.6 is 0 Å². The third-order valence-corrected chi connectivity index (χ3v) is 3.02. The first-order chi connectivity index (χ1) is 10.6. The van der Waals surface area contributed by atoms with Gasteiger partial charge in [0.25, 0.3) is 0 Å². The fourth-order valence-electron chi connectivity index (χ4n) is 1.98. The molecule has 1 aromatic carbocycles. The zero-order valence-corrected chi connectivity index (χ0v) is 11.2. The molecule has 2 heterocycles. The maximum atomic E-state index is 14.2. The van der Waals surface area contributed by atoms with Crippen molar-refractivity contribution in [2.45, 2.75) is 6.11 Å². The number of hydrogen-bond donors (Lipinski definition) is 0. The minimum Gasteiger partial charge on any atom is -0.425 e. The highest BCUT2D eigenvalue weighted by atomic mass is 19.3. The molecule has 0 radical (unpaired) electrons. The second-order valence-corrected chi connectivity index (χ2v) is 4.49. The van der Waals surface area contributed by atoms with Crippen molar-refractivity contribution in [3.8, 4) is 11.8 Å². The van der Waals surface area contributed by atoms with Crippen molar-refractivity contribution < 1.29 is 13.5 Å². The van der Waals surface area contributed by atoms with E-state index in [1.165, 1.54) is 18.3 Å². The van der Waals surface area contributed by atoms with Crippen LogP contribution in [0.25, 0.3) is 10.9 Å². The van der Waals surface area contributed by atoms with Crippen molar-refractivity contribution in [2.24, 2.45) is 0 Å². The van der Waals surface area contributed by atoms with Gasteiger partial charge in [0.15, 0.2) is 11.4 Å². The summed E-state index contributed by atoms with van der Waals surface area (Å²) in [6.07, 6.45) is -1.04. The molecule has 2 aromatic heterocycles. The first-order valence-corrected chi connectivity index (χ1v) is 6.37. The van der Waals surface area contributed by atoms with Gasteiger partial charge in [0.1, 0.15) is 11.6 Å². The smallest absolute Gasteiger partial charge is 0.425 e. The molecule has 3 aromatic rings. The molecule has 0 saturated heterocycles. The van der Waals surface area contributed by atoms with E-state index < -0.39 is 11.8 Å². The molecule has 0 fully saturated rings. The highest BCUT2D eigenvalue weighted by Gasteiger charge is 2.37. The quantitative estimate of drug-likeness (QED) is 0.740. The summed E-state index contributed by atoms with van der Waals surface area (Å²) in [6, 6.07) is 12.4. The zero-order chi connectivity index (χ0) is 15.6. The number of pyridine rings is 2. The van der Waals surface area contributed by atoms with Crippen molar-refractivity contribution in [1.29, 1.82) is 5.26 Å². The maximum absolute atomic E-state index is 14.2. The van der Waals surface area contributed by atoms with E-state index >= 15 is 0 Å². The summed E-state index contributed by atoms with van der Waals surface area (Å²) in [5, 5.41) is 9.37. The van der Waals surface area contributed by atoms with E-state index in [1.54, 1.807) is 24.3 Å². The number of nitrogens with zero attached hydrogens (tertiary/aromatic N) is 3. The van der Waals surface area contributed by atoms with Gasteiger partial charge in [-0.3, -0.25) is 4.98 Å². The summed E-state index contributed by atoms with van der Waals surface area (Å²) in [5.41, 5.74) is -0.0240. The Hall–Kier alpha value is -3.07. The lowest BCUT2D eigenvalue weighted by Gasteiger charge is -2.18. The van der Waals surface area contributed by atoms with Crippen LogP contribution in [0.2, 0.25) is 0 Å². The Bertz CT molecular complexity index is 852. The molecule has 4 nitrogen and oxygen atoms in total. The minimum atomic E-state index is -3.63. The average Bonchev–Trinajstić information content (AvgIpc) is 2.55. The molecule has 0 bridgehead atoms. The molecule has 0 aliphatic carbocycles. The maximum Gasteiger partial charge on any atom is 0.444 e. The summed E-state index contributed by atoms with van der Waals surface area (Å²) in [7, 11) is 0. The first-order valence-electron chi connectivity index (χ1n) is 6.37. The van der Waals surface area contributed by atoms with Crippen molar-refractivity contribution in [3.05, 3.63) is 66.1 Å². The summed E-state index contributed by atoms with van der Waals surface area (Å²) in [4.78, 5) is 7.64. The highest BCUT2D eigenvalue weighted by molar-refractivity contribution is 5.84. The van der Waals surface area contributed by atoms with Crippen LogP contribution in [0.5, 0.6) is 5.75 Å². The molecular weight excluding hydrogens is 288 g/mol. The van der Waals surface area contributed by atoms with Crippen LogP contribution in [0.3, 0.4) is 0 Å². The molecule has 22 heavy (non-hydrogen) atoms. The van der Waals surface area contributed by atoms with Crippen LogP contribution < -0.4 is 4.74 Å². The van der Waals surface area contributed by atoms with E-state index in [9.17, 15) is 8.78 Å². The van der Waals surface area contributed by atoms with Gasteiger partial charge in [0, 0.05) is 17.8 Å². The van der Waals surface area contributed by atoms with Crippen LogP contribution in [0.4, 0.5) is 8.78 Å². The molecule has 0 spiro atoms. The van der Waals surface area contributed by atoms with E-state index in [2.05, 4.69) is 9.97 Å². The van der Waals surface area contributed by atoms with Crippen molar-refractivity contribution in [3.63, 3.8) is 0 Å². The zero-order valence-electron chi connectivity index (χ0n) is 11.2. The van der Waals surface area contributed by atoms with Crippen molar-refractivity contribution in [1.82, 2.24) is 9.97 Å². The fourth-order valence-corrected chi connectivity index (χ4v) is 1.98. The third kappa shape index (κ3) is 2.56.